The average molecular weight is 310 g/mol. The lowest BCUT2D eigenvalue weighted by Crippen LogP contribution is -2.46. The van der Waals surface area contributed by atoms with Crippen molar-refractivity contribution in [2.75, 3.05) is 0 Å². The number of carbonyl (C=O) groups excluding carboxylic acids is 3. The number of nitrogens with one attached hydrogen (secondary N) is 2. The second-order valence-corrected chi connectivity index (χ2v) is 5.06. The van der Waals surface area contributed by atoms with Crippen molar-refractivity contribution in [3.8, 4) is 0 Å². The molecule has 2 N–H and O–H groups in total. The average Bonchev–Trinajstić information content (AvgIpc) is 2.60. The first-order valence-electron chi connectivity index (χ1n) is 7.30. The molecule has 0 aromatic heterocycles. The Bertz CT molecular complexity index is 656. The van der Waals surface area contributed by atoms with Crippen LogP contribution in [-0.2, 0) is 27.3 Å². The van der Waals surface area contributed by atoms with Crippen molar-refractivity contribution in [1.29, 1.82) is 0 Å². The molecule has 1 atom stereocenters. The van der Waals surface area contributed by atoms with Gasteiger partial charge in [-0.3, -0.25) is 14.4 Å². The fourth-order valence-corrected chi connectivity index (χ4v) is 2.18. The summed E-state index contributed by atoms with van der Waals surface area (Å²) < 4.78 is 0. The van der Waals surface area contributed by atoms with E-state index in [0.717, 1.165) is 11.1 Å². The second kappa shape index (κ2) is 8.48. The van der Waals surface area contributed by atoms with Crippen molar-refractivity contribution in [2.45, 2.75) is 19.0 Å². The Morgan fingerprint density at radius 3 is 2.04 bits per heavy atom. The summed E-state index contributed by atoms with van der Waals surface area (Å²) in [5.41, 5.74) is 1.77. The van der Waals surface area contributed by atoms with Crippen LogP contribution in [0.15, 0.2) is 60.7 Å². The topological polar surface area (TPSA) is 75.3 Å². The van der Waals surface area contributed by atoms with Crippen LogP contribution in [-0.4, -0.2) is 24.1 Å². The molecule has 0 radical (unpaired) electrons. The van der Waals surface area contributed by atoms with Gasteiger partial charge in [-0.05, 0) is 11.1 Å². The number of amides is 2. The quantitative estimate of drug-likeness (QED) is 0.569. The zero-order valence-electron chi connectivity index (χ0n) is 12.6. The zero-order chi connectivity index (χ0) is 16.5. The lowest BCUT2D eigenvalue weighted by Gasteiger charge is -2.14. The second-order valence-electron chi connectivity index (χ2n) is 5.06. The van der Waals surface area contributed by atoms with Crippen LogP contribution in [0, 0.1) is 0 Å². The van der Waals surface area contributed by atoms with Crippen molar-refractivity contribution in [3.63, 3.8) is 0 Å². The maximum Gasteiger partial charge on any atom is 0.289 e. The van der Waals surface area contributed by atoms with Gasteiger partial charge >= 0.3 is 0 Å². The van der Waals surface area contributed by atoms with E-state index in [-0.39, 0.29) is 13.0 Å². The number of benzene rings is 2. The summed E-state index contributed by atoms with van der Waals surface area (Å²) in [5, 5.41) is 5.00. The van der Waals surface area contributed by atoms with E-state index in [9.17, 15) is 14.4 Å². The molecule has 5 heteroatoms. The number of hydrogen-bond donors (Lipinski definition) is 2. The van der Waals surface area contributed by atoms with Gasteiger partial charge in [0.2, 0.25) is 12.2 Å². The maximum atomic E-state index is 12.2. The smallest absolute Gasteiger partial charge is 0.289 e. The number of hydrogen-bond acceptors (Lipinski definition) is 3. The predicted octanol–water partition coefficient (Wildman–Crippen LogP) is 1.23. The molecule has 0 fully saturated rings. The van der Waals surface area contributed by atoms with E-state index >= 15 is 0 Å². The SMILES string of the molecule is O=CNC(Cc1ccccc1)C(=O)C(=O)NCc1ccccc1. The van der Waals surface area contributed by atoms with Crippen molar-refractivity contribution in [1.82, 2.24) is 10.6 Å². The monoisotopic (exact) mass is 310 g/mol. The Hall–Kier alpha value is -2.95. The van der Waals surface area contributed by atoms with Crippen LogP contribution in [0.5, 0.6) is 0 Å². The van der Waals surface area contributed by atoms with Gasteiger partial charge in [0.25, 0.3) is 5.91 Å². The molecular weight excluding hydrogens is 292 g/mol. The van der Waals surface area contributed by atoms with E-state index in [0.29, 0.717) is 6.41 Å². The molecule has 0 bridgehead atoms. The van der Waals surface area contributed by atoms with Gasteiger partial charge in [-0.25, -0.2) is 0 Å². The number of carbonyl (C=O) groups is 3. The first-order valence-corrected chi connectivity index (χ1v) is 7.30. The molecule has 0 aliphatic carbocycles. The van der Waals surface area contributed by atoms with E-state index < -0.39 is 17.7 Å². The molecule has 5 nitrogen and oxygen atoms in total. The van der Waals surface area contributed by atoms with E-state index in [4.69, 9.17) is 0 Å². The van der Waals surface area contributed by atoms with Crippen LogP contribution in [0.2, 0.25) is 0 Å². The standard InChI is InChI=1S/C18H18N2O3/c21-13-20-16(11-14-7-3-1-4-8-14)17(22)18(23)19-12-15-9-5-2-6-10-15/h1-10,13,16H,11-12H2,(H,19,23)(H,20,21). The lowest BCUT2D eigenvalue weighted by molar-refractivity contribution is -0.139. The molecule has 0 saturated carbocycles. The molecule has 2 aromatic carbocycles. The largest absolute Gasteiger partial charge is 0.348 e. The van der Waals surface area contributed by atoms with Crippen LogP contribution in [0.4, 0.5) is 0 Å². The lowest BCUT2D eigenvalue weighted by atomic mass is 10.0. The summed E-state index contributed by atoms with van der Waals surface area (Å²) in [4.78, 5) is 34.9. The van der Waals surface area contributed by atoms with Gasteiger partial charge in [0.05, 0.1) is 0 Å². The van der Waals surface area contributed by atoms with Crippen LogP contribution >= 0.6 is 0 Å². The fraction of sp³-hybridized carbons (Fsp3) is 0.167. The highest BCUT2D eigenvalue weighted by Gasteiger charge is 2.24. The van der Waals surface area contributed by atoms with Crippen LogP contribution < -0.4 is 10.6 Å². The maximum absolute atomic E-state index is 12.2. The molecule has 2 aromatic rings. The molecule has 0 aliphatic heterocycles. The fourth-order valence-electron chi connectivity index (χ4n) is 2.18. The summed E-state index contributed by atoms with van der Waals surface area (Å²) in [6, 6.07) is 17.7. The first-order chi connectivity index (χ1) is 11.2. The van der Waals surface area contributed by atoms with Crippen LogP contribution in [0.3, 0.4) is 0 Å². The van der Waals surface area contributed by atoms with Crippen LogP contribution in [0.1, 0.15) is 11.1 Å². The summed E-state index contributed by atoms with van der Waals surface area (Å²) >= 11 is 0. The normalized spacial score (nSPS) is 11.3. The van der Waals surface area contributed by atoms with Gasteiger partial charge in [-0.2, -0.15) is 0 Å². The van der Waals surface area contributed by atoms with Crippen molar-refractivity contribution >= 4 is 18.1 Å². The third-order valence-corrected chi connectivity index (χ3v) is 3.39. The third kappa shape index (κ3) is 5.07. The minimum absolute atomic E-state index is 0.268. The molecule has 118 valence electrons. The van der Waals surface area contributed by atoms with Crippen molar-refractivity contribution in [2.24, 2.45) is 0 Å². The zero-order valence-corrected chi connectivity index (χ0v) is 12.6. The Morgan fingerprint density at radius 2 is 1.48 bits per heavy atom. The molecular formula is C18H18N2O3. The minimum atomic E-state index is -0.870. The Morgan fingerprint density at radius 1 is 0.913 bits per heavy atom. The third-order valence-electron chi connectivity index (χ3n) is 3.39. The highest BCUT2D eigenvalue weighted by atomic mass is 16.2. The Kier molecular flexibility index (Phi) is 6.06. The predicted molar refractivity (Wildman–Crippen MR) is 86.4 cm³/mol. The van der Waals surface area contributed by atoms with E-state index in [1.807, 2.05) is 60.7 Å². The van der Waals surface area contributed by atoms with Crippen LogP contribution in [0.25, 0.3) is 0 Å². The van der Waals surface area contributed by atoms with Gasteiger partial charge in [-0.1, -0.05) is 60.7 Å². The van der Waals surface area contributed by atoms with Crippen molar-refractivity contribution in [3.05, 3.63) is 71.8 Å². The van der Waals surface area contributed by atoms with Gasteiger partial charge in [0.1, 0.15) is 6.04 Å². The molecule has 0 spiro atoms. The first kappa shape index (κ1) is 16.4. The van der Waals surface area contributed by atoms with Gasteiger partial charge in [-0.15, -0.1) is 0 Å². The molecule has 2 amide bonds. The molecule has 0 aliphatic rings. The Balaban J connectivity index is 1.96. The summed E-state index contributed by atoms with van der Waals surface area (Å²) in [7, 11) is 0. The number of ketones is 1. The molecule has 0 heterocycles. The van der Waals surface area contributed by atoms with E-state index in [1.165, 1.54) is 0 Å². The summed E-state index contributed by atoms with van der Waals surface area (Å²) in [5.74, 6) is -1.36. The van der Waals surface area contributed by atoms with Gasteiger partial charge in [0, 0.05) is 13.0 Å². The van der Waals surface area contributed by atoms with Crippen molar-refractivity contribution < 1.29 is 14.4 Å². The molecule has 0 saturated heterocycles. The molecule has 1 unspecified atom stereocenters. The van der Waals surface area contributed by atoms with E-state index in [2.05, 4.69) is 10.6 Å². The van der Waals surface area contributed by atoms with Gasteiger partial charge in [0.15, 0.2) is 0 Å². The highest BCUT2D eigenvalue weighted by molar-refractivity contribution is 6.38. The Labute approximate surface area is 134 Å². The minimum Gasteiger partial charge on any atom is -0.348 e. The van der Waals surface area contributed by atoms with E-state index in [1.54, 1.807) is 0 Å². The summed E-state index contributed by atoms with van der Waals surface area (Å²) in [6.07, 6.45) is 0.715. The molecule has 2 rings (SSSR count). The van der Waals surface area contributed by atoms with Gasteiger partial charge < -0.3 is 10.6 Å². The number of Topliss-reactive ketones (excluding diaryl/α,β-unsaturated/α-hetero) is 1. The number of rotatable bonds is 8. The summed E-state index contributed by atoms with van der Waals surface area (Å²) in [6.45, 7) is 0.268. The molecule has 23 heavy (non-hydrogen) atoms. The highest BCUT2D eigenvalue weighted by Crippen LogP contribution is 2.04.